The zero-order valence-corrected chi connectivity index (χ0v) is 41.4. The van der Waals surface area contributed by atoms with Crippen LogP contribution in [0.5, 0.6) is 0 Å². The van der Waals surface area contributed by atoms with Gasteiger partial charge in [0.05, 0.1) is 11.4 Å². The van der Waals surface area contributed by atoms with E-state index in [-0.39, 0.29) is 0 Å². The summed E-state index contributed by atoms with van der Waals surface area (Å²) in [5, 5.41) is 6.87. The summed E-state index contributed by atoms with van der Waals surface area (Å²) in [6, 6.07) is 93.7. The van der Waals surface area contributed by atoms with Crippen molar-refractivity contribution in [3.63, 3.8) is 0 Å². The van der Waals surface area contributed by atoms with Crippen LogP contribution in [0.25, 0.3) is 120 Å². The number of nitrogen functional groups attached to an aromatic ring is 2. The van der Waals surface area contributed by atoms with Crippen LogP contribution >= 0.6 is 11.3 Å². The van der Waals surface area contributed by atoms with Crippen molar-refractivity contribution in [1.82, 2.24) is 0 Å². The standard InChI is InChI=1S/C44H32S.C26H20N2/c1-2-30-12-9-21-38(24-30)40-28-39(36-20-11-18-34(26-36)32-15-7-4-8-16-32)29-42-41-27-37(22-23-43(41)45-44(40)42)35-19-10-17-33(25-35)31-13-5-3-6-14-31;27-25-21-13-11-19(17-7-3-1-4-8-17)15-23(21)24-16-20(12-14-22(24)26(25)28)18-9-5-2-6-10-18/h3-29H,2H2,1H3;1-16H,27-28H2. The van der Waals surface area contributed by atoms with Gasteiger partial charge in [0.1, 0.15) is 0 Å². The van der Waals surface area contributed by atoms with Crippen molar-refractivity contribution in [3.8, 4) is 77.9 Å². The van der Waals surface area contributed by atoms with Crippen LogP contribution in [0.15, 0.2) is 261 Å². The Morgan fingerprint density at radius 3 is 1.14 bits per heavy atom. The fourth-order valence-corrected chi connectivity index (χ4v) is 11.5. The van der Waals surface area contributed by atoms with Gasteiger partial charge in [0, 0.05) is 36.5 Å². The zero-order chi connectivity index (χ0) is 49.3. The van der Waals surface area contributed by atoms with E-state index >= 15 is 0 Å². The van der Waals surface area contributed by atoms with Gasteiger partial charge in [-0.05, 0) is 144 Å². The molecule has 0 spiro atoms. The number of hydrogen-bond acceptors (Lipinski definition) is 3. The van der Waals surface area contributed by atoms with E-state index in [1.165, 1.54) is 104 Å². The molecule has 3 heteroatoms. The van der Waals surface area contributed by atoms with Crippen molar-refractivity contribution >= 4 is 64.4 Å². The number of anilines is 2. The number of benzene rings is 12. The summed E-state index contributed by atoms with van der Waals surface area (Å²) < 4.78 is 2.66. The van der Waals surface area contributed by atoms with Crippen LogP contribution in [0.1, 0.15) is 12.5 Å². The summed E-state index contributed by atoms with van der Waals surface area (Å²) in [6.07, 6.45) is 1.02. The molecule has 0 amide bonds. The highest BCUT2D eigenvalue weighted by Gasteiger charge is 2.17. The summed E-state index contributed by atoms with van der Waals surface area (Å²) in [6.45, 7) is 2.23. The molecular weight excluding hydrogens is 901 g/mol. The quantitative estimate of drug-likeness (QED) is 0.0906. The molecule has 0 unspecified atom stereocenters. The molecule has 4 N–H and O–H groups in total. The van der Waals surface area contributed by atoms with Gasteiger partial charge >= 0.3 is 0 Å². The van der Waals surface area contributed by atoms with E-state index in [4.69, 9.17) is 11.5 Å². The highest BCUT2D eigenvalue weighted by molar-refractivity contribution is 7.26. The molecule has 0 aliphatic rings. The maximum atomic E-state index is 6.40. The van der Waals surface area contributed by atoms with E-state index in [1.807, 2.05) is 23.5 Å². The number of hydrogen-bond donors (Lipinski definition) is 2. The minimum atomic E-state index is 0.648. The van der Waals surface area contributed by atoms with E-state index in [0.717, 1.165) is 28.0 Å². The van der Waals surface area contributed by atoms with Gasteiger partial charge in [0.15, 0.2) is 0 Å². The van der Waals surface area contributed by atoms with Crippen LogP contribution in [-0.4, -0.2) is 0 Å². The van der Waals surface area contributed by atoms with Crippen LogP contribution < -0.4 is 11.5 Å². The summed E-state index contributed by atoms with van der Waals surface area (Å²) in [5.41, 5.74) is 32.6. The van der Waals surface area contributed by atoms with Crippen molar-refractivity contribution in [2.45, 2.75) is 13.3 Å². The highest BCUT2D eigenvalue weighted by Crippen LogP contribution is 2.45. The summed E-state index contributed by atoms with van der Waals surface area (Å²) in [7, 11) is 0. The smallest absolute Gasteiger partial charge is 0.0634 e. The molecule has 0 saturated carbocycles. The topological polar surface area (TPSA) is 52.0 Å². The van der Waals surface area contributed by atoms with Crippen molar-refractivity contribution in [3.05, 3.63) is 266 Å². The Hall–Kier alpha value is -9.02. The molecule has 13 aromatic rings. The molecule has 0 bridgehead atoms. The predicted molar refractivity (Wildman–Crippen MR) is 317 cm³/mol. The van der Waals surface area contributed by atoms with Gasteiger partial charge in [0.2, 0.25) is 0 Å². The molecular formula is C70H52N2S. The van der Waals surface area contributed by atoms with Crippen molar-refractivity contribution in [1.29, 1.82) is 0 Å². The Labute approximate surface area is 431 Å². The average Bonchev–Trinajstić information content (AvgIpc) is 3.85. The normalized spacial score (nSPS) is 11.2. The molecule has 0 aliphatic heterocycles. The molecule has 1 aromatic heterocycles. The first-order valence-electron chi connectivity index (χ1n) is 25.0. The number of nitrogens with two attached hydrogens (primary N) is 2. The van der Waals surface area contributed by atoms with Crippen molar-refractivity contribution < 1.29 is 0 Å². The van der Waals surface area contributed by atoms with Gasteiger partial charge in [-0.3, -0.25) is 0 Å². The van der Waals surface area contributed by atoms with Gasteiger partial charge in [-0.25, -0.2) is 0 Å². The van der Waals surface area contributed by atoms with Crippen LogP contribution in [0.2, 0.25) is 0 Å². The summed E-state index contributed by atoms with van der Waals surface area (Å²) >= 11 is 1.90. The molecule has 348 valence electrons. The van der Waals surface area contributed by atoms with Crippen molar-refractivity contribution in [2.24, 2.45) is 0 Å². The van der Waals surface area contributed by atoms with Gasteiger partial charge in [-0.15, -0.1) is 11.3 Å². The molecule has 13 rings (SSSR count). The fraction of sp³-hybridized carbons (Fsp3) is 0.0286. The number of rotatable bonds is 8. The Bertz CT molecular complexity index is 4020. The first kappa shape index (κ1) is 45.1. The highest BCUT2D eigenvalue weighted by atomic mass is 32.1. The van der Waals surface area contributed by atoms with Crippen LogP contribution in [0.4, 0.5) is 11.4 Å². The fourth-order valence-electron chi connectivity index (χ4n) is 10.3. The lowest BCUT2D eigenvalue weighted by atomic mass is 9.93. The van der Waals surface area contributed by atoms with Gasteiger partial charge in [0.25, 0.3) is 0 Å². The van der Waals surface area contributed by atoms with Gasteiger partial charge in [-0.2, -0.15) is 0 Å². The lowest BCUT2D eigenvalue weighted by Gasteiger charge is -2.14. The minimum absolute atomic E-state index is 0.648. The Balaban J connectivity index is 0.000000166. The SMILES string of the molecule is CCc1cccc(-c2cc(-c3cccc(-c4ccccc4)c3)cc3c2sc2ccc(-c4cccc(-c5ccccc5)c4)cc23)c1.Nc1c(N)c2ccc(-c3ccccc3)cc2c2cc(-c3ccccc3)ccc12. The molecule has 2 nitrogen and oxygen atoms in total. The number of aryl methyl sites for hydroxylation is 1. The summed E-state index contributed by atoms with van der Waals surface area (Å²) in [4.78, 5) is 0. The molecule has 0 atom stereocenters. The molecule has 1 heterocycles. The average molecular weight is 953 g/mol. The largest absolute Gasteiger partial charge is 0.397 e. The summed E-state index contributed by atoms with van der Waals surface area (Å²) in [5.74, 6) is 0. The lowest BCUT2D eigenvalue weighted by molar-refractivity contribution is 1.14. The molecule has 0 aliphatic carbocycles. The van der Waals surface area contributed by atoms with E-state index in [9.17, 15) is 0 Å². The van der Waals surface area contributed by atoms with E-state index in [2.05, 4.69) is 256 Å². The van der Waals surface area contributed by atoms with E-state index < -0.39 is 0 Å². The first-order chi connectivity index (χ1) is 36.0. The Morgan fingerprint density at radius 2 is 0.644 bits per heavy atom. The lowest BCUT2D eigenvalue weighted by Crippen LogP contribution is -1.98. The second-order valence-electron chi connectivity index (χ2n) is 18.7. The second kappa shape index (κ2) is 19.6. The second-order valence-corrected chi connectivity index (χ2v) is 19.8. The molecule has 0 saturated heterocycles. The third-order valence-corrected chi connectivity index (χ3v) is 15.5. The molecule has 12 aromatic carbocycles. The van der Waals surface area contributed by atoms with Gasteiger partial charge in [-0.1, -0.05) is 219 Å². The van der Waals surface area contributed by atoms with E-state index in [1.54, 1.807) is 0 Å². The monoisotopic (exact) mass is 952 g/mol. The van der Waals surface area contributed by atoms with Crippen molar-refractivity contribution in [2.75, 3.05) is 11.5 Å². The molecule has 73 heavy (non-hydrogen) atoms. The maximum absolute atomic E-state index is 6.40. The van der Waals surface area contributed by atoms with Crippen LogP contribution in [-0.2, 0) is 6.42 Å². The van der Waals surface area contributed by atoms with Crippen LogP contribution in [0.3, 0.4) is 0 Å². The van der Waals surface area contributed by atoms with Gasteiger partial charge < -0.3 is 11.5 Å². The van der Waals surface area contributed by atoms with E-state index in [0.29, 0.717) is 11.4 Å². The third-order valence-electron chi connectivity index (χ3n) is 14.2. The minimum Gasteiger partial charge on any atom is -0.397 e. The number of thiophene rings is 1. The predicted octanol–water partition coefficient (Wildman–Crippen LogP) is 19.4. The number of fused-ring (bicyclic) bond motifs is 6. The maximum Gasteiger partial charge on any atom is 0.0634 e. The van der Waals surface area contributed by atoms with Crippen LogP contribution in [0, 0.1) is 0 Å². The zero-order valence-electron chi connectivity index (χ0n) is 40.6. The Kier molecular flexibility index (Phi) is 12.1. The molecule has 0 radical (unpaired) electrons. The third kappa shape index (κ3) is 8.93. The Morgan fingerprint density at radius 1 is 0.274 bits per heavy atom. The molecule has 0 fully saturated rings. The first-order valence-corrected chi connectivity index (χ1v) is 25.8.